The Kier molecular flexibility index (Phi) is 4.19. The molecule has 0 bridgehead atoms. The highest BCUT2D eigenvalue weighted by Gasteiger charge is 2.25. The summed E-state index contributed by atoms with van der Waals surface area (Å²) in [5.74, 6) is 1.68. The molecule has 19 heavy (non-hydrogen) atoms. The van der Waals surface area contributed by atoms with E-state index in [9.17, 15) is 5.11 Å². The van der Waals surface area contributed by atoms with Crippen molar-refractivity contribution in [2.24, 2.45) is 5.92 Å². The van der Waals surface area contributed by atoms with Gasteiger partial charge in [-0.2, -0.15) is 0 Å². The van der Waals surface area contributed by atoms with Gasteiger partial charge in [0, 0.05) is 11.0 Å². The highest BCUT2D eigenvalue weighted by atomic mass is 16.5. The van der Waals surface area contributed by atoms with Crippen molar-refractivity contribution in [2.45, 2.75) is 52.4 Å². The Morgan fingerprint density at radius 2 is 1.84 bits per heavy atom. The van der Waals surface area contributed by atoms with Crippen molar-refractivity contribution in [2.75, 3.05) is 13.2 Å². The van der Waals surface area contributed by atoms with Crippen molar-refractivity contribution in [3.63, 3.8) is 0 Å². The fourth-order valence-corrected chi connectivity index (χ4v) is 2.39. The third-order valence-electron chi connectivity index (χ3n) is 4.42. The molecule has 0 unspecified atom stereocenters. The summed E-state index contributed by atoms with van der Waals surface area (Å²) >= 11 is 0. The quantitative estimate of drug-likeness (QED) is 0.875. The highest BCUT2D eigenvalue weighted by Crippen LogP contribution is 2.35. The summed E-state index contributed by atoms with van der Waals surface area (Å²) in [6.07, 6.45) is 3.93. The fourth-order valence-electron chi connectivity index (χ4n) is 2.39. The van der Waals surface area contributed by atoms with E-state index in [4.69, 9.17) is 4.74 Å². The molecule has 1 saturated carbocycles. The third-order valence-corrected chi connectivity index (χ3v) is 4.42. The minimum atomic E-state index is -0.257. The summed E-state index contributed by atoms with van der Waals surface area (Å²) in [5.41, 5.74) is 3.37. The monoisotopic (exact) mass is 262 g/mol. The summed E-state index contributed by atoms with van der Waals surface area (Å²) in [6, 6.07) is 4.29. The van der Waals surface area contributed by atoms with Crippen molar-refractivity contribution in [1.29, 1.82) is 0 Å². The Balaban J connectivity index is 2.25. The van der Waals surface area contributed by atoms with Crippen molar-refractivity contribution in [1.82, 2.24) is 0 Å². The van der Waals surface area contributed by atoms with E-state index < -0.39 is 0 Å². The van der Waals surface area contributed by atoms with Crippen LogP contribution < -0.4 is 4.74 Å². The van der Waals surface area contributed by atoms with Gasteiger partial charge in [0.2, 0.25) is 0 Å². The number of aryl methyl sites for hydroxylation is 2. The molecule has 2 nitrogen and oxygen atoms in total. The lowest BCUT2D eigenvalue weighted by Crippen LogP contribution is -2.25. The predicted molar refractivity (Wildman–Crippen MR) is 78.9 cm³/mol. The van der Waals surface area contributed by atoms with Crippen LogP contribution in [0, 0.1) is 19.8 Å². The first-order valence-electron chi connectivity index (χ1n) is 7.29. The molecule has 1 fully saturated rings. The van der Waals surface area contributed by atoms with Gasteiger partial charge >= 0.3 is 0 Å². The number of hydrogen-bond acceptors (Lipinski definition) is 2. The smallest absolute Gasteiger partial charge is 0.123 e. The van der Waals surface area contributed by atoms with Crippen LogP contribution in [0.2, 0.25) is 0 Å². The van der Waals surface area contributed by atoms with Crippen molar-refractivity contribution >= 4 is 0 Å². The molecule has 0 atom stereocenters. The van der Waals surface area contributed by atoms with Gasteiger partial charge in [-0.3, -0.25) is 0 Å². The molecule has 1 aliphatic carbocycles. The van der Waals surface area contributed by atoms with Crippen molar-refractivity contribution < 1.29 is 9.84 Å². The Morgan fingerprint density at radius 1 is 1.21 bits per heavy atom. The molecule has 0 aromatic heterocycles. The van der Waals surface area contributed by atoms with Crippen molar-refractivity contribution in [3.05, 3.63) is 28.8 Å². The highest BCUT2D eigenvalue weighted by molar-refractivity contribution is 5.45. The van der Waals surface area contributed by atoms with Crippen LogP contribution in [0.3, 0.4) is 0 Å². The van der Waals surface area contributed by atoms with Crippen molar-refractivity contribution in [3.8, 4) is 5.75 Å². The van der Waals surface area contributed by atoms with E-state index in [0.717, 1.165) is 23.8 Å². The number of aliphatic hydroxyl groups is 1. The van der Waals surface area contributed by atoms with Gasteiger partial charge in [-0.1, -0.05) is 26.3 Å². The standard InChI is InChI=1S/C17H26O2/c1-12-8-15(17(3,4)11-18)16(9-13(12)2)19-10-14-6-5-7-14/h8-9,14,18H,5-7,10-11H2,1-4H3. The molecule has 1 aromatic carbocycles. The maximum Gasteiger partial charge on any atom is 0.123 e. The lowest BCUT2D eigenvalue weighted by molar-refractivity contribution is 0.172. The summed E-state index contributed by atoms with van der Waals surface area (Å²) in [5, 5.41) is 9.61. The fraction of sp³-hybridized carbons (Fsp3) is 0.647. The van der Waals surface area contributed by atoms with Crippen LogP contribution in [0.25, 0.3) is 0 Å². The molecule has 1 aliphatic rings. The van der Waals surface area contributed by atoms with Gasteiger partial charge in [0.1, 0.15) is 5.75 Å². The average molecular weight is 262 g/mol. The molecule has 2 heteroatoms. The van der Waals surface area contributed by atoms with E-state index in [0.29, 0.717) is 0 Å². The lowest BCUT2D eigenvalue weighted by Gasteiger charge is -2.29. The summed E-state index contributed by atoms with van der Waals surface area (Å²) in [6.45, 7) is 9.30. The van der Waals surface area contributed by atoms with Gasteiger partial charge in [0.25, 0.3) is 0 Å². The molecular weight excluding hydrogens is 236 g/mol. The van der Waals surface area contributed by atoms with Crippen LogP contribution >= 0.6 is 0 Å². The molecule has 0 saturated heterocycles. The first kappa shape index (κ1) is 14.4. The SMILES string of the molecule is Cc1cc(OCC2CCC2)c(C(C)(C)CO)cc1C. The Bertz CT molecular complexity index is 445. The average Bonchev–Trinajstić information content (AvgIpc) is 2.31. The third kappa shape index (κ3) is 3.11. The van der Waals surface area contributed by atoms with Gasteiger partial charge in [-0.15, -0.1) is 0 Å². The van der Waals surface area contributed by atoms with Gasteiger partial charge < -0.3 is 9.84 Å². The van der Waals surface area contributed by atoms with E-state index >= 15 is 0 Å². The second-order valence-corrected chi connectivity index (χ2v) is 6.58. The van der Waals surface area contributed by atoms with E-state index in [1.54, 1.807) is 0 Å². The summed E-state index contributed by atoms with van der Waals surface area (Å²) in [7, 11) is 0. The molecule has 1 aromatic rings. The molecule has 0 amide bonds. The second kappa shape index (κ2) is 5.54. The molecule has 1 N–H and O–H groups in total. The number of ether oxygens (including phenoxy) is 1. The zero-order chi connectivity index (χ0) is 14.0. The zero-order valence-corrected chi connectivity index (χ0v) is 12.6. The number of rotatable bonds is 5. The van der Waals surface area contributed by atoms with Crippen LogP contribution in [-0.4, -0.2) is 18.3 Å². The van der Waals surface area contributed by atoms with Crippen LogP contribution in [0.15, 0.2) is 12.1 Å². The van der Waals surface area contributed by atoms with Gasteiger partial charge in [0.15, 0.2) is 0 Å². The molecule has 2 rings (SSSR count). The van der Waals surface area contributed by atoms with E-state index in [1.165, 1.54) is 30.4 Å². The maximum absolute atomic E-state index is 9.61. The Morgan fingerprint density at radius 3 is 2.37 bits per heavy atom. The van der Waals surface area contributed by atoms with Crippen LogP contribution in [0.1, 0.15) is 49.8 Å². The summed E-state index contributed by atoms with van der Waals surface area (Å²) < 4.78 is 6.05. The number of aliphatic hydroxyl groups excluding tert-OH is 1. The van der Waals surface area contributed by atoms with E-state index in [1.807, 2.05) is 0 Å². The largest absolute Gasteiger partial charge is 0.493 e. The van der Waals surface area contributed by atoms with Gasteiger partial charge in [-0.05, 0) is 49.8 Å². The van der Waals surface area contributed by atoms with E-state index in [-0.39, 0.29) is 12.0 Å². The first-order chi connectivity index (χ1) is 8.94. The van der Waals surface area contributed by atoms with Gasteiger partial charge in [0.05, 0.1) is 13.2 Å². The summed E-state index contributed by atoms with van der Waals surface area (Å²) in [4.78, 5) is 0. The molecule has 0 spiro atoms. The second-order valence-electron chi connectivity index (χ2n) is 6.58. The topological polar surface area (TPSA) is 29.5 Å². The molecular formula is C17H26O2. The zero-order valence-electron chi connectivity index (χ0n) is 12.6. The Labute approximate surface area is 116 Å². The molecule has 0 aliphatic heterocycles. The molecule has 0 radical (unpaired) electrons. The predicted octanol–water partition coefficient (Wildman–Crippen LogP) is 3.75. The van der Waals surface area contributed by atoms with Crippen LogP contribution in [-0.2, 0) is 5.41 Å². The van der Waals surface area contributed by atoms with E-state index in [2.05, 4.69) is 39.8 Å². The lowest BCUT2D eigenvalue weighted by atomic mass is 9.83. The van der Waals surface area contributed by atoms with Crippen LogP contribution in [0.5, 0.6) is 5.75 Å². The minimum Gasteiger partial charge on any atom is -0.493 e. The molecule has 0 heterocycles. The number of hydrogen-bond donors (Lipinski definition) is 1. The van der Waals surface area contributed by atoms with Gasteiger partial charge in [-0.25, -0.2) is 0 Å². The number of benzene rings is 1. The minimum absolute atomic E-state index is 0.134. The first-order valence-corrected chi connectivity index (χ1v) is 7.29. The van der Waals surface area contributed by atoms with Crippen LogP contribution in [0.4, 0.5) is 0 Å². The normalized spacial score (nSPS) is 16.3. The Hall–Kier alpha value is -1.02. The molecule has 106 valence electrons. The maximum atomic E-state index is 9.61.